The van der Waals surface area contributed by atoms with Crippen molar-refractivity contribution in [1.29, 1.82) is 0 Å². The fourth-order valence-electron chi connectivity index (χ4n) is 2.40. The average Bonchev–Trinajstić information content (AvgIpc) is 2.81. The maximum Gasteiger partial charge on any atom is 0.337 e. The molecular weight excluding hydrogens is 376 g/mol. The maximum atomic E-state index is 12.3. The number of nitrogens with one attached hydrogen (secondary N) is 1. The van der Waals surface area contributed by atoms with Crippen molar-refractivity contribution < 1.29 is 19.8 Å². The molecule has 0 spiro atoms. The first-order valence-corrected chi connectivity index (χ1v) is 8.11. The second-order valence-corrected chi connectivity index (χ2v) is 6.77. The molecule has 2 aromatic rings. The third-order valence-corrected chi connectivity index (χ3v) is 4.34. The molecule has 1 heterocycles. The van der Waals surface area contributed by atoms with Crippen LogP contribution in [0.5, 0.6) is 0 Å². The molecule has 0 fully saturated rings. The predicted octanol–water partition coefficient (Wildman–Crippen LogP) is 2.42. The lowest BCUT2D eigenvalue weighted by Gasteiger charge is -2.18. The zero-order valence-electron chi connectivity index (χ0n) is 13.6. The Balaban J connectivity index is 2.26. The average molecular weight is 395 g/mol. The fourth-order valence-corrected chi connectivity index (χ4v) is 2.67. The first-order chi connectivity index (χ1) is 11.1. The van der Waals surface area contributed by atoms with Crippen LogP contribution in [0.1, 0.15) is 28.7 Å². The summed E-state index contributed by atoms with van der Waals surface area (Å²) >= 11 is 3.39. The van der Waals surface area contributed by atoms with Crippen LogP contribution in [0.3, 0.4) is 0 Å². The van der Waals surface area contributed by atoms with Gasteiger partial charge in [0.1, 0.15) is 0 Å². The molecule has 1 atom stereocenters. The van der Waals surface area contributed by atoms with Crippen molar-refractivity contribution in [3.63, 3.8) is 0 Å². The number of rotatable bonds is 5. The normalized spacial score (nSPS) is 13.4. The maximum absolute atomic E-state index is 12.3. The molecule has 0 saturated heterocycles. The van der Waals surface area contributed by atoms with Crippen LogP contribution in [0.4, 0.5) is 0 Å². The Bertz CT molecular complexity index is 779. The monoisotopic (exact) mass is 394 g/mol. The first-order valence-electron chi connectivity index (χ1n) is 7.32. The highest BCUT2D eigenvalue weighted by atomic mass is 79.9. The molecule has 0 aliphatic carbocycles. The molecule has 24 heavy (non-hydrogen) atoms. The van der Waals surface area contributed by atoms with Crippen molar-refractivity contribution in [1.82, 2.24) is 9.88 Å². The number of aryl methyl sites for hydroxylation is 1. The minimum Gasteiger partial charge on any atom is -0.479 e. The lowest BCUT2D eigenvalue weighted by Crippen LogP contribution is -2.46. The van der Waals surface area contributed by atoms with E-state index in [1.165, 1.54) is 0 Å². The van der Waals surface area contributed by atoms with E-state index >= 15 is 0 Å². The van der Waals surface area contributed by atoms with Gasteiger partial charge in [-0.25, -0.2) is 4.79 Å². The molecule has 6 nitrogen and oxygen atoms in total. The summed E-state index contributed by atoms with van der Waals surface area (Å²) in [6, 6.07) is 9.43. The summed E-state index contributed by atoms with van der Waals surface area (Å²) in [5.74, 6) is -1.81. The molecule has 2 rings (SSSR count). The predicted molar refractivity (Wildman–Crippen MR) is 93.5 cm³/mol. The van der Waals surface area contributed by atoms with Gasteiger partial charge >= 0.3 is 5.97 Å². The number of aromatic nitrogens is 1. The number of carboxylic acid groups (broad SMARTS) is 1. The van der Waals surface area contributed by atoms with E-state index in [0.29, 0.717) is 5.56 Å². The minimum absolute atomic E-state index is 0.372. The van der Waals surface area contributed by atoms with Crippen molar-refractivity contribution in [2.45, 2.75) is 26.4 Å². The Morgan fingerprint density at radius 2 is 1.83 bits per heavy atom. The van der Waals surface area contributed by atoms with Crippen molar-refractivity contribution in [3.8, 4) is 5.69 Å². The lowest BCUT2D eigenvalue weighted by molar-refractivity contribution is -0.155. The van der Waals surface area contributed by atoms with E-state index in [9.17, 15) is 14.7 Å². The number of benzene rings is 1. The van der Waals surface area contributed by atoms with Crippen molar-refractivity contribution in [3.05, 3.63) is 51.8 Å². The molecule has 1 amide bonds. The van der Waals surface area contributed by atoms with E-state index in [0.717, 1.165) is 28.5 Å². The Morgan fingerprint density at radius 1 is 1.25 bits per heavy atom. The lowest BCUT2D eigenvalue weighted by atomic mass is 10.1. The zero-order chi connectivity index (χ0) is 18.1. The van der Waals surface area contributed by atoms with Gasteiger partial charge in [-0.05, 0) is 51.1 Å². The van der Waals surface area contributed by atoms with Crippen LogP contribution >= 0.6 is 15.9 Å². The van der Waals surface area contributed by atoms with Gasteiger partial charge in [0.25, 0.3) is 5.91 Å². The zero-order valence-corrected chi connectivity index (χ0v) is 15.2. The van der Waals surface area contributed by atoms with Gasteiger partial charge in [0, 0.05) is 21.5 Å². The van der Waals surface area contributed by atoms with Crippen LogP contribution in [0.2, 0.25) is 0 Å². The van der Waals surface area contributed by atoms with Gasteiger partial charge in [-0.1, -0.05) is 15.9 Å². The number of amides is 1. The second kappa shape index (κ2) is 6.78. The number of carbonyl (C=O) groups excluding carboxylic acids is 1. The molecule has 0 aliphatic rings. The molecule has 1 aromatic heterocycles. The third-order valence-electron chi connectivity index (χ3n) is 3.81. The van der Waals surface area contributed by atoms with Crippen LogP contribution in [-0.2, 0) is 4.79 Å². The largest absolute Gasteiger partial charge is 0.479 e. The quantitative estimate of drug-likeness (QED) is 0.725. The molecule has 1 unspecified atom stereocenters. The van der Waals surface area contributed by atoms with Crippen LogP contribution in [0.25, 0.3) is 5.69 Å². The summed E-state index contributed by atoms with van der Waals surface area (Å²) < 4.78 is 2.90. The topological polar surface area (TPSA) is 91.6 Å². The van der Waals surface area contributed by atoms with E-state index < -0.39 is 17.5 Å². The summed E-state index contributed by atoms with van der Waals surface area (Å²) in [6.07, 6.45) is 0. The van der Waals surface area contributed by atoms with Crippen molar-refractivity contribution in [2.75, 3.05) is 6.54 Å². The molecular formula is C17H19BrN2O4. The van der Waals surface area contributed by atoms with E-state index in [-0.39, 0.29) is 6.54 Å². The molecule has 1 aromatic carbocycles. The highest BCUT2D eigenvalue weighted by Gasteiger charge is 2.30. The van der Waals surface area contributed by atoms with E-state index in [4.69, 9.17) is 5.11 Å². The van der Waals surface area contributed by atoms with Gasteiger partial charge in [0.2, 0.25) is 0 Å². The summed E-state index contributed by atoms with van der Waals surface area (Å²) in [4.78, 5) is 23.2. The van der Waals surface area contributed by atoms with Gasteiger partial charge in [-0.15, -0.1) is 0 Å². The molecule has 7 heteroatoms. The SMILES string of the molecule is Cc1cc(C(=O)NCC(C)(O)C(=O)O)c(C)n1-c1ccc(Br)cc1. The Morgan fingerprint density at radius 3 is 2.38 bits per heavy atom. The number of halogens is 1. The number of hydrogen-bond donors (Lipinski definition) is 3. The van der Waals surface area contributed by atoms with Crippen LogP contribution < -0.4 is 5.32 Å². The highest BCUT2D eigenvalue weighted by Crippen LogP contribution is 2.22. The minimum atomic E-state index is -2.01. The second-order valence-electron chi connectivity index (χ2n) is 5.86. The van der Waals surface area contributed by atoms with Crippen LogP contribution in [0, 0.1) is 13.8 Å². The van der Waals surface area contributed by atoms with E-state index in [1.54, 1.807) is 6.07 Å². The smallest absolute Gasteiger partial charge is 0.337 e. The highest BCUT2D eigenvalue weighted by molar-refractivity contribution is 9.10. The number of aliphatic carboxylic acids is 1. The van der Waals surface area contributed by atoms with Gasteiger partial charge in [0.15, 0.2) is 5.60 Å². The molecule has 0 saturated carbocycles. The summed E-state index contributed by atoms with van der Waals surface area (Å²) in [6.45, 7) is 4.47. The summed E-state index contributed by atoms with van der Waals surface area (Å²) in [5, 5.41) is 21.1. The number of carbonyl (C=O) groups is 2. The summed E-state index contributed by atoms with van der Waals surface area (Å²) in [7, 11) is 0. The Labute approximate surface area is 148 Å². The number of nitrogens with zero attached hydrogens (tertiary/aromatic N) is 1. The molecule has 128 valence electrons. The first kappa shape index (κ1) is 18.2. The van der Waals surface area contributed by atoms with Gasteiger partial charge < -0.3 is 20.1 Å². The standard InChI is InChI=1S/C17H19BrN2O4/c1-10-8-14(15(21)19-9-17(3,24)16(22)23)11(2)20(10)13-6-4-12(18)5-7-13/h4-8,24H,9H2,1-3H3,(H,19,21)(H,22,23). The summed E-state index contributed by atoms with van der Waals surface area (Å²) in [5.41, 5.74) is 0.973. The molecule has 0 radical (unpaired) electrons. The van der Waals surface area contributed by atoms with E-state index in [1.807, 2.05) is 42.7 Å². The molecule has 0 aliphatic heterocycles. The van der Waals surface area contributed by atoms with Gasteiger partial charge in [0.05, 0.1) is 12.1 Å². The van der Waals surface area contributed by atoms with E-state index in [2.05, 4.69) is 21.2 Å². The molecule has 0 bridgehead atoms. The Kier molecular flexibility index (Phi) is 5.15. The third kappa shape index (κ3) is 3.68. The van der Waals surface area contributed by atoms with Gasteiger partial charge in [-0.3, -0.25) is 4.79 Å². The van der Waals surface area contributed by atoms with Crippen molar-refractivity contribution >= 4 is 27.8 Å². The number of carboxylic acids is 1. The van der Waals surface area contributed by atoms with Crippen LogP contribution in [0.15, 0.2) is 34.8 Å². The van der Waals surface area contributed by atoms with Crippen LogP contribution in [-0.4, -0.2) is 38.8 Å². The van der Waals surface area contributed by atoms with Crippen molar-refractivity contribution in [2.24, 2.45) is 0 Å². The Hall–Kier alpha value is -2.12. The fraction of sp³-hybridized carbons (Fsp3) is 0.294. The number of aliphatic hydroxyl groups is 1. The number of hydrogen-bond acceptors (Lipinski definition) is 3. The van der Waals surface area contributed by atoms with Gasteiger partial charge in [-0.2, -0.15) is 0 Å². The molecule has 3 N–H and O–H groups in total.